The van der Waals surface area contributed by atoms with Crippen molar-refractivity contribution < 1.29 is 20.8 Å². The molecule has 0 spiro atoms. The summed E-state index contributed by atoms with van der Waals surface area (Å²) in [5.74, 6) is 2.05. The first-order valence-corrected chi connectivity index (χ1v) is 20.5. The van der Waals surface area contributed by atoms with Gasteiger partial charge in [-0.05, 0) is 11.1 Å². The van der Waals surface area contributed by atoms with Crippen LogP contribution in [0.1, 0.15) is 11.1 Å². The van der Waals surface area contributed by atoms with Gasteiger partial charge in [-0.15, -0.1) is 69.1 Å². The zero-order valence-electron chi connectivity index (χ0n) is 22.6. The summed E-state index contributed by atoms with van der Waals surface area (Å²) in [6.07, 6.45) is 7.63. The molecule has 0 bridgehead atoms. The molecule has 0 fully saturated rings. The maximum atomic E-state index is 4.93. The van der Waals surface area contributed by atoms with Crippen molar-refractivity contribution in [3.63, 3.8) is 0 Å². The molecule has 0 unspecified atom stereocenters. The number of nitrogens with zero attached hydrogens (tertiary/aromatic N) is 4. The van der Waals surface area contributed by atoms with Crippen LogP contribution in [0.2, 0.25) is 13.1 Å². The fourth-order valence-corrected chi connectivity index (χ4v) is 4.41. The predicted molar refractivity (Wildman–Crippen MR) is 162 cm³/mol. The SMILES string of the molecule is C[Si]C.Cc1cc2c(-c3nccn3C)cccc2[cH-]1.Cc1cc2c(-c3nccn3C)cccc2[cH-]1.[Cl][Zr+2][Cl]. The molecule has 4 aromatic carbocycles. The average molecular weight is 639 g/mol. The fourth-order valence-electron chi connectivity index (χ4n) is 4.41. The number of hydrogen-bond acceptors (Lipinski definition) is 2. The Morgan fingerprint density at radius 2 is 1.11 bits per heavy atom. The van der Waals surface area contributed by atoms with Gasteiger partial charge in [-0.3, -0.25) is 0 Å². The second-order valence-electron chi connectivity index (χ2n) is 8.98. The van der Waals surface area contributed by atoms with E-state index in [9.17, 15) is 0 Å². The molecule has 6 aromatic rings. The first-order valence-electron chi connectivity index (χ1n) is 12.2. The van der Waals surface area contributed by atoms with Crippen molar-refractivity contribution in [1.29, 1.82) is 0 Å². The molecule has 2 radical (unpaired) electrons. The number of aromatic nitrogens is 4. The van der Waals surface area contributed by atoms with E-state index in [1.54, 1.807) is 0 Å². The van der Waals surface area contributed by atoms with E-state index >= 15 is 0 Å². The Kier molecular flexibility index (Phi) is 11.8. The average Bonchev–Trinajstić information content (AvgIpc) is 3.66. The van der Waals surface area contributed by atoms with E-state index in [-0.39, 0.29) is 0 Å². The van der Waals surface area contributed by atoms with Gasteiger partial charge < -0.3 is 9.13 Å². The summed E-state index contributed by atoms with van der Waals surface area (Å²) < 4.78 is 4.11. The molecule has 0 saturated heterocycles. The van der Waals surface area contributed by atoms with Crippen LogP contribution in [0.3, 0.4) is 0 Å². The van der Waals surface area contributed by atoms with Crippen LogP contribution >= 0.6 is 17.0 Å². The van der Waals surface area contributed by atoms with E-state index in [1.807, 2.05) is 38.9 Å². The van der Waals surface area contributed by atoms with Gasteiger partial charge in [0.15, 0.2) is 0 Å². The van der Waals surface area contributed by atoms with Crippen LogP contribution in [-0.4, -0.2) is 28.6 Å². The molecule has 0 aliphatic heterocycles. The Morgan fingerprint density at radius 1 is 0.737 bits per heavy atom. The van der Waals surface area contributed by atoms with Gasteiger partial charge in [-0.25, -0.2) is 9.97 Å². The number of fused-ring (bicyclic) bond motifs is 2. The monoisotopic (exact) mass is 636 g/mol. The van der Waals surface area contributed by atoms with Crippen molar-refractivity contribution in [1.82, 2.24) is 19.1 Å². The molecule has 2 aromatic heterocycles. The van der Waals surface area contributed by atoms with E-state index in [2.05, 4.69) is 107 Å². The Bertz CT molecular complexity index is 1460. The van der Waals surface area contributed by atoms with Gasteiger partial charge in [0.1, 0.15) is 11.6 Å². The van der Waals surface area contributed by atoms with Crippen LogP contribution in [-0.2, 0) is 34.9 Å². The second-order valence-corrected chi connectivity index (χ2v) is 13.7. The third kappa shape index (κ3) is 7.45. The molecule has 8 heteroatoms. The molecule has 0 N–H and O–H groups in total. The van der Waals surface area contributed by atoms with E-state index < -0.39 is 20.8 Å². The quantitative estimate of drug-likeness (QED) is 0.141. The molecule has 194 valence electrons. The molecule has 0 saturated carbocycles. The summed E-state index contributed by atoms with van der Waals surface area (Å²) in [4.78, 5) is 8.82. The summed E-state index contributed by atoms with van der Waals surface area (Å²) >= 11 is -0.826. The first-order chi connectivity index (χ1) is 18.3. The van der Waals surface area contributed by atoms with Crippen molar-refractivity contribution in [3.8, 4) is 22.8 Å². The van der Waals surface area contributed by atoms with Crippen molar-refractivity contribution in [2.24, 2.45) is 14.1 Å². The van der Waals surface area contributed by atoms with Crippen LogP contribution < -0.4 is 0 Å². The minimum atomic E-state index is -0.826. The zero-order valence-corrected chi connectivity index (χ0v) is 27.6. The normalized spacial score (nSPS) is 10.1. The van der Waals surface area contributed by atoms with Crippen molar-refractivity contribution in [2.45, 2.75) is 26.9 Å². The third-order valence-electron chi connectivity index (χ3n) is 5.91. The van der Waals surface area contributed by atoms with E-state index in [0.29, 0.717) is 0 Å². The molecule has 4 nitrogen and oxygen atoms in total. The van der Waals surface area contributed by atoms with Crippen LogP contribution in [0.15, 0.2) is 85.5 Å². The summed E-state index contributed by atoms with van der Waals surface area (Å²) in [7, 11) is 15.0. The standard InChI is InChI=1S/2C14H13N2.C2H6Si.2ClH.Zr/c2*1-10-8-11-4-3-5-12(13(11)9-10)14-15-6-7-16(14)2;1-3-2;;;/h2*3-9H,1-2H3;1-2H3;2*1H;/q2*-1;;;;+4/p-2. The molecule has 0 aliphatic rings. The first kappa shape index (κ1) is 30.3. The number of imidazole rings is 2. The third-order valence-corrected chi connectivity index (χ3v) is 5.91. The van der Waals surface area contributed by atoms with Crippen molar-refractivity contribution >= 4 is 48.1 Å². The summed E-state index contributed by atoms with van der Waals surface area (Å²) in [5, 5.41) is 5.15. The number of aryl methyl sites for hydroxylation is 4. The Labute approximate surface area is 246 Å². The zero-order chi connectivity index (χ0) is 27.7. The van der Waals surface area contributed by atoms with Gasteiger partial charge in [0.05, 0.1) is 0 Å². The van der Waals surface area contributed by atoms with Crippen LogP contribution in [0.4, 0.5) is 0 Å². The van der Waals surface area contributed by atoms with E-state index in [1.165, 1.54) is 43.8 Å². The maximum absolute atomic E-state index is 4.93. The molecule has 0 aliphatic carbocycles. The molecule has 6 rings (SSSR count). The molecular weight excluding hydrogens is 607 g/mol. The van der Waals surface area contributed by atoms with E-state index in [0.717, 1.165) is 21.2 Å². The summed E-state index contributed by atoms with van der Waals surface area (Å²) in [6, 6.07) is 21.6. The minimum absolute atomic E-state index is 0.826. The molecule has 0 atom stereocenters. The second kappa shape index (κ2) is 14.8. The van der Waals surface area contributed by atoms with Crippen LogP contribution in [0.5, 0.6) is 0 Å². The van der Waals surface area contributed by atoms with Gasteiger partial charge in [0.25, 0.3) is 0 Å². The Balaban J connectivity index is 0.000000175. The summed E-state index contributed by atoms with van der Waals surface area (Å²) in [5.41, 5.74) is 5.02. The number of benzene rings is 2. The van der Waals surface area contributed by atoms with Crippen LogP contribution in [0.25, 0.3) is 44.3 Å². The van der Waals surface area contributed by atoms with Gasteiger partial charge in [-0.2, -0.15) is 12.1 Å². The Hall–Kier alpha value is -2.24. The van der Waals surface area contributed by atoms with Gasteiger partial charge in [0, 0.05) is 48.4 Å². The topological polar surface area (TPSA) is 35.6 Å². The van der Waals surface area contributed by atoms with Crippen LogP contribution in [0, 0.1) is 13.8 Å². The molecule has 38 heavy (non-hydrogen) atoms. The fraction of sp³-hybridized carbons (Fsp3) is 0.200. The number of halogens is 2. The molecule has 0 amide bonds. The van der Waals surface area contributed by atoms with Gasteiger partial charge in [-0.1, -0.05) is 39.1 Å². The van der Waals surface area contributed by atoms with Gasteiger partial charge in [0.2, 0.25) is 0 Å². The summed E-state index contributed by atoms with van der Waals surface area (Å²) in [6.45, 7) is 8.56. The molecular formula is C30H32Cl2N4SiZr. The number of rotatable bonds is 2. The van der Waals surface area contributed by atoms with Crippen molar-refractivity contribution in [2.75, 3.05) is 0 Å². The van der Waals surface area contributed by atoms with Gasteiger partial charge >= 0.3 is 37.9 Å². The predicted octanol–water partition coefficient (Wildman–Crippen LogP) is 8.70. The molecule has 2 heterocycles. The van der Waals surface area contributed by atoms with E-state index in [4.69, 9.17) is 17.0 Å². The van der Waals surface area contributed by atoms with Crippen molar-refractivity contribution in [3.05, 3.63) is 96.6 Å². The Morgan fingerprint density at radius 3 is 1.42 bits per heavy atom. The number of hydrogen-bond donors (Lipinski definition) is 0.